The number of rotatable bonds is 6. The van der Waals surface area contributed by atoms with Crippen LogP contribution in [0.4, 0.5) is 23.7 Å². The zero-order chi connectivity index (χ0) is 24.1. The van der Waals surface area contributed by atoms with Crippen molar-refractivity contribution in [1.82, 2.24) is 10.2 Å². The van der Waals surface area contributed by atoms with Crippen LogP contribution in [-0.4, -0.2) is 42.5 Å². The van der Waals surface area contributed by atoms with Gasteiger partial charge in [0.25, 0.3) is 0 Å². The van der Waals surface area contributed by atoms with E-state index in [9.17, 15) is 18.0 Å². The first-order valence-corrected chi connectivity index (χ1v) is 12.0. The molecule has 9 heteroatoms. The van der Waals surface area contributed by atoms with Gasteiger partial charge in [0, 0.05) is 22.8 Å². The van der Waals surface area contributed by atoms with Gasteiger partial charge in [-0.3, -0.25) is 4.90 Å². The number of nitrogens with zero attached hydrogens (tertiary/aromatic N) is 1. The third-order valence-corrected chi connectivity index (χ3v) is 6.95. The Kier molecular flexibility index (Phi) is 7.88. The number of urea groups is 1. The molecule has 0 aromatic heterocycles. The minimum Gasteiger partial charge on any atom is -0.406 e. The fraction of sp³-hybridized carbons (Fsp3) is 0.480. The summed E-state index contributed by atoms with van der Waals surface area (Å²) in [5.74, 6) is 0.326. The molecule has 0 spiro atoms. The van der Waals surface area contributed by atoms with Gasteiger partial charge >= 0.3 is 12.4 Å². The number of benzene rings is 2. The van der Waals surface area contributed by atoms with Gasteiger partial charge in [-0.1, -0.05) is 23.7 Å². The summed E-state index contributed by atoms with van der Waals surface area (Å²) in [5.41, 5.74) is 1.72. The summed E-state index contributed by atoms with van der Waals surface area (Å²) in [6.45, 7) is 2.03. The van der Waals surface area contributed by atoms with Crippen molar-refractivity contribution in [3.63, 3.8) is 0 Å². The lowest BCUT2D eigenvalue weighted by molar-refractivity contribution is -0.274. The van der Waals surface area contributed by atoms with E-state index in [4.69, 9.17) is 11.6 Å². The second-order valence-corrected chi connectivity index (χ2v) is 9.52. The summed E-state index contributed by atoms with van der Waals surface area (Å²) in [6.07, 6.45) is 1.61. The molecule has 2 N–H and O–H groups in total. The van der Waals surface area contributed by atoms with Crippen LogP contribution in [0.1, 0.15) is 37.7 Å². The molecule has 1 aliphatic carbocycles. The first-order valence-electron chi connectivity index (χ1n) is 11.7. The summed E-state index contributed by atoms with van der Waals surface area (Å²) in [6, 6.07) is 13.2. The Bertz CT molecular complexity index is 945. The number of piperidine rings is 1. The maximum absolute atomic E-state index is 12.5. The van der Waals surface area contributed by atoms with Gasteiger partial charge < -0.3 is 15.4 Å². The molecule has 0 radical (unpaired) electrons. The molecule has 184 valence electrons. The van der Waals surface area contributed by atoms with E-state index >= 15 is 0 Å². The SMILES string of the molecule is O=C(Nc1ccc(OC(F)(F)F)cc1)N[C@@H]1CCC[C@H]1N1CCC(Cc2ccc(Cl)cc2)CC1. The largest absolute Gasteiger partial charge is 0.573 e. The zero-order valence-corrected chi connectivity index (χ0v) is 19.5. The van der Waals surface area contributed by atoms with Gasteiger partial charge in [-0.2, -0.15) is 0 Å². The van der Waals surface area contributed by atoms with Crippen LogP contribution in [0.2, 0.25) is 5.02 Å². The average molecular weight is 496 g/mol. The second-order valence-electron chi connectivity index (χ2n) is 9.09. The predicted molar refractivity (Wildman–Crippen MR) is 126 cm³/mol. The molecule has 2 fully saturated rings. The fourth-order valence-electron chi connectivity index (χ4n) is 5.06. The Morgan fingerprint density at radius 2 is 1.68 bits per heavy atom. The number of ether oxygens (including phenoxy) is 1. The number of hydrogen-bond acceptors (Lipinski definition) is 3. The van der Waals surface area contributed by atoms with Crippen LogP contribution in [-0.2, 0) is 6.42 Å². The van der Waals surface area contributed by atoms with Crippen LogP contribution in [0.15, 0.2) is 48.5 Å². The lowest BCUT2D eigenvalue weighted by Crippen LogP contribution is -2.52. The van der Waals surface area contributed by atoms with Gasteiger partial charge in [-0.25, -0.2) is 4.79 Å². The number of likely N-dealkylation sites (tertiary alicyclic amines) is 1. The first-order chi connectivity index (χ1) is 16.2. The molecule has 1 aliphatic heterocycles. The van der Waals surface area contributed by atoms with E-state index in [0.29, 0.717) is 17.6 Å². The number of amides is 2. The Labute approximate surface area is 202 Å². The number of alkyl halides is 3. The molecule has 1 heterocycles. The lowest BCUT2D eigenvalue weighted by Gasteiger charge is -2.38. The second kappa shape index (κ2) is 10.9. The van der Waals surface area contributed by atoms with Crippen molar-refractivity contribution in [1.29, 1.82) is 0 Å². The minimum absolute atomic E-state index is 0.0562. The van der Waals surface area contributed by atoms with Crippen molar-refractivity contribution in [3.05, 3.63) is 59.1 Å². The quantitative estimate of drug-likeness (QED) is 0.499. The first kappa shape index (κ1) is 24.7. The van der Waals surface area contributed by atoms with Crippen LogP contribution in [0, 0.1) is 5.92 Å². The Hall–Kier alpha value is -2.45. The molecule has 34 heavy (non-hydrogen) atoms. The van der Waals surface area contributed by atoms with Crippen LogP contribution in [0.3, 0.4) is 0 Å². The van der Waals surface area contributed by atoms with Gasteiger partial charge in [-0.05, 0) is 99.5 Å². The molecule has 5 nitrogen and oxygen atoms in total. The van der Waals surface area contributed by atoms with Gasteiger partial charge in [-0.15, -0.1) is 13.2 Å². The summed E-state index contributed by atoms with van der Waals surface area (Å²) >= 11 is 5.98. The van der Waals surface area contributed by atoms with Crippen LogP contribution < -0.4 is 15.4 Å². The van der Waals surface area contributed by atoms with E-state index in [0.717, 1.165) is 56.6 Å². The van der Waals surface area contributed by atoms with E-state index in [1.807, 2.05) is 12.1 Å². The van der Waals surface area contributed by atoms with Crippen molar-refractivity contribution in [2.75, 3.05) is 18.4 Å². The zero-order valence-electron chi connectivity index (χ0n) is 18.8. The highest BCUT2D eigenvalue weighted by molar-refractivity contribution is 6.30. The van der Waals surface area contributed by atoms with Crippen molar-refractivity contribution in [2.45, 2.75) is 57.0 Å². The normalized spacial score (nSPS) is 21.9. The van der Waals surface area contributed by atoms with Crippen molar-refractivity contribution >= 4 is 23.3 Å². The van der Waals surface area contributed by atoms with Gasteiger partial charge in [0.15, 0.2) is 0 Å². The molecule has 2 aliphatic rings. The molecule has 0 bridgehead atoms. The number of hydrogen-bond donors (Lipinski definition) is 2. The molecule has 2 amide bonds. The topological polar surface area (TPSA) is 53.6 Å². The number of anilines is 1. The van der Waals surface area contributed by atoms with Crippen LogP contribution >= 0.6 is 11.6 Å². The molecule has 0 unspecified atom stereocenters. The van der Waals surface area contributed by atoms with E-state index in [-0.39, 0.29) is 17.8 Å². The molecular weight excluding hydrogens is 467 g/mol. The number of carbonyl (C=O) groups excluding carboxylic acids is 1. The third-order valence-electron chi connectivity index (χ3n) is 6.70. The molecule has 1 saturated carbocycles. The molecule has 2 aromatic carbocycles. The van der Waals surface area contributed by atoms with Gasteiger partial charge in [0.05, 0.1) is 0 Å². The summed E-state index contributed by atoms with van der Waals surface area (Å²) < 4.78 is 40.7. The standard InChI is InChI=1S/C25H29ClF3N3O2/c26-19-6-4-17(5-7-19)16-18-12-14-32(15-13-18)23-3-1-2-22(23)31-24(33)30-20-8-10-21(11-9-20)34-25(27,28)29/h4-11,18,22-23H,1-3,12-16H2,(H2,30,31,33)/t22-,23-/m1/s1. The Balaban J connectivity index is 1.24. The molecule has 4 rings (SSSR count). The van der Waals surface area contributed by atoms with Gasteiger partial charge in [0.2, 0.25) is 0 Å². The van der Waals surface area contributed by atoms with E-state index < -0.39 is 6.36 Å². The summed E-state index contributed by atoms with van der Waals surface area (Å²) in [4.78, 5) is 15.0. The highest BCUT2D eigenvalue weighted by Gasteiger charge is 2.35. The predicted octanol–water partition coefficient (Wildman–Crippen LogP) is 6.24. The number of carbonyl (C=O) groups is 1. The number of halogens is 4. The highest BCUT2D eigenvalue weighted by atomic mass is 35.5. The van der Waals surface area contributed by atoms with Crippen molar-refractivity contribution in [3.8, 4) is 5.75 Å². The van der Waals surface area contributed by atoms with Crippen molar-refractivity contribution < 1.29 is 22.7 Å². The summed E-state index contributed by atoms with van der Waals surface area (Å²) in [7, 11) is 0. The van der Waals surface area contributed by atoms with E-state index in [2.05, 4.69) is 32.4 Å². The molecule has 1 saturated heterocycles. The third kappa shape index (κ3) is 7.03. The molecule has 2 atom stereocenters. The van der Waals surface area contributed by atoms with E-state index in [1.54, 1.807) is 0 Å². The van der Waals surface area contributed by atoms with E-state index in [1.165, 1.54) is 29.8 Å². The summed E-state index contributed by atoms with van der Waals surface area (Å²) in [5, 5.41) is 6.53. The van der Waals surface area contributed by atoms with Crippen LogP contribution in [0.5, 0.6) is 5.75 Å². The fourth-order valence-corrected chi connectivity index (χ4v) is 5.19. The average Bonchev–Trinajstić information content (AvgIpc) is 3.24. The molecular formula is C25H29ClF3N3O2. The number of nitrogens with one attached hydrogen (secondary N) is 2. The minimum atomic E-state index is -4.74. The Morgan fingerprint density at radius 1 is 1.00 bits per heavy atom. The lowest BCUT2D eigenvalue weighted by atomic mass is 9.89. The smallest absolute Gasteiger partial charge is 0.406 e. The maximum atomic E-state index is 12.5. The Morgan fingerprint density at radius 3 is 2.32 bits per heavy atom. The monoisotopic (exact) mass is 495 g/mol. The van der Waals surface area contributed by atoms with Crippen LogP contribution in [0.25, 0.3) is 0 Å². The maximum Gasteiger partial charge on any atom is 0.573 e. The highest BCUT2D eigenvalue weighted by Crippen LogP contribution is 2.30. The van der Waals surface area contributed by atoms with Gasteiger partial charge in [0.1, 0.15) is 5.75 Å². The molecule has 2 aromatic rings. The van der Waals surface area contributed by atoms with Crippen molar-refractivity contribution in [2.24, 2.45) is 5.92 Å².